The molecule has 1 atom stereocenters. The Morgan fingerprint density at radius 2 is 2.05 bits per heavy atom. The second-order valence-corrected chi connectivity index (χ2v) is 4.97. The van der Waals surface area contributed by atoms with Crippen LogP contribution in [0.4, 0.5) is 23.7 Å². The molecule has 2 N–H and O–H groups in total. The topological polar surface area (TPSA) is 78.4 Å². The van der Waals surface area contributed by atoms with Crippen LogP contribution in [0.3, 0.4) is 0 Å². The van der Waals surface area contributed by atoms with Gasteiger partial charge in [-0.3, -0.25) is 0 Å². The summed E-state index contributed by atoms with van der Waals surface area (Å²) in [5, 5.41) is 11.3. The first-order valence-corrected chi connectivity index (χ1v) is 6.36. The van der Waals surface area contributed by atoms with E-state index in [9.17, 15) is 18.0 Å². The number of carbonyl (C=O) groups excluding carboxylic acids is 1. The summed E-state index contributed by atoms with van der Waals surface area (Å²) in [7, 11) is 1.16. The number of amides is 2. The second kappa shape index (κ2) is 5.84. The van der Waals surface area contributed by atoms with E-state index < -0.39 is 24.9 Å². The minimum Gasteiger partial charge on any atom is -0.382 e. The number of rotatable bonds is 4. The third-order valence-corrected chi connectivity index (χ3v) is 3.04. The summed E-state index contributed by atoms with van der Waals surface area (Å²) in [5.41, 5.74) is 0.290. The van der Waals surface area contributed by atoms with Gasteiger partial charge in [-0.1, -0.05) is 0 Å². The maximum atomic E-state index is 12.2. The zero-order chi connectivity index (χ0) is 15.6. The lowest BCUT2D eigenvalue weighted by atomic mass is 10.3. The van der Waals surface area contributed by atoms with Crippen molar-refractivity contribution < 1.29 is 23.1 Å². The number of carbonyl (C=O) groups is 1. The van der Waals surface area contributed by atoms with Crippen molar-refractivity contribution in [3.8, 4) is 0 Å². The normalized spacial score (nSPS) is 16.4. The molecule has 0 bridgehead atoms. The fourth-order valence-corrected chi connectivity index (χ4v) is 1.62. The van der Waals surface area contributed by atoms with Crippen LogP contribution in [0.25, 0.3) is 0 Å². The van der Waals surface area contributed by atoms with Gasteiger partial charge in [0.2, 0.25) is 0 Å². The molecule has 1 saturated carbocycles. The van der Waals surface area contributed by atoms with Crippen molar-refractivity contribution >= 4 is 11.7 Å². The van der Waals surface area contributed by atoms with Crippen molar-refractivity contribution in [1.82, 2.24) is 14.9 Å². The number of nitrogens with zero attached hydrogens (tertiary/aromatic N) is 3. The quantitative estimate of drug-likeness (QED) is 0.888. The van der Waals surface area contributed by atoms with Gasteiger partial charge in [0.15, 0.2) is 6.10 Å². The van der Waals surface area contributed by atoms with Gasteiger partial charge in [0.1, 0.15) is 5.82 Å². The number of halogens is 3. The van der Waals surface area contributed by atoms with Crippen LogP contribution in [0.5, 0.6) is 0 Å². The van der Waals surface area contributed by atoms with E-state index >= 15 is 0 Å². The van der Waals surface area contributed by atoms with Gasteiger partial charge in [0.05, 0.1) is 24.6 Å². The monoisotopic (exact) mass is 304 g/mol. The molecule has 1 aliphatic rings. The average molecular weight is 304 g/mol. The number of nitrogens with one attached hydrogen (secondary N) is 1. The van der Waals surface area contributed by atoms with Crippen molar-refractivity contribution in [2.45, 2.75) is 31.0 Å². The minimum absolute atomic E-state index is 0.290. The number of alkyl halides is 3. The molecule has 0 saturated heterocycles. The molecule has 0 spiro atoms. The van der Waals surface area contributed by atoms with Crippen molar-refractivity contribution in [3.05, 3.63) is 18.2 Å². The molecule has 21 heavy (non-hydrogen) atoms. The summed E-state index contributed by atoms with van der Waals surface area (Å²) < 4.78 is 36.6. The minimum atomic E-state index is -4.76. The van der Waals surface area contributed by atoms with Gasteiger partial charge >= 0.3 is 12.2 Å². The molecule has 0 radical (unpaired) electrons. The van der Waals surface area contributed by atoms with Crippen molar-refractivity contribution in [3.63, 3.8) is 0 Å². The van der Waals surface area contributed by atoms with Gasteiger partial charge in [-0.25, -0.2) is 14.8 Å². The highest BCUT2D eigenvalue weighted by molar-refractivity contribution is 5.88. The molecule has 0 aliphatic heterocycles. The van der Waals surface area contributed by atoms with Gasteiger partial charge in [-0.2, -0.15) is 13.2 Å². The molecule has 9 heteroatoms. The molecule has 1 aliphatic carbocycles. The smallest absolute Gasteiger partial charge is 0.382 e. The van der Waals surface area contributed by atoms with E-state index in [-0.39, 0.29) is 5.69 Å². The van der Waals surface area contributed by atoms with E-state index in [1.54, 1.807) is 0 Å². The molecule has 0 aromatic carbocycles. The molecular weight excluding hydrogens is 289 g/mol. The SMILES string of the molecule is CN(CC(O)C(F)(F)F)C(=O)Nc1cnc(C2CC2)nc1. The Labute approximate surface area is 119 Å². The number of aliphatic hydroxyl groups is 1. The zero-order valence-corrected chi connectivity index (χ0v) is 11.3. The Balaban J connectivity index is 1.87. The molecule has 1 aromatic heterocycles. The predicted molar refractivity (Wildman–Crippen MR) is 67.7 cm³/mol. The number of anilines is 1. The third-order valence-electron chi connectivity index (χ3n) is 3.04. The van der Waals surface area contributed by atoms with Gasteiger partial charge in [0.25, 0.3) is 0 Å². The van der Waals surface area contributed by atoms with Crippen LogP contribution in [0.2, 0.25) is 0 Å². The third kappa shape index (κ3) is 4.28. The maximum Gasteiger partial charge on any atom is 0.416 e. The maximum absolute atomic E-state index is 12.2. The van der Waals surface area contributed by atoms with E-state index in [1.807, 2.05) is 0 Å². The van der Waals surface area contributed by atoms with Gasteiger partial charge < -0.3 is 15.3 Å². The Hall–Kier alpha value is -1.90. The number of hydrogen-bond donors (Lipinski definition) is 2. The van der Waals surface area contributed by atoms with E-state index in [0.717, 1.165) is 24.8 Å². The zero-order valence-electron chi connectivity index (χ0n) is 11.3. The number of urea groups is 1. The summed E-state index contributed by atoms with van der Waals surface area (Å²) >= 11 is 0. The van der Waals surface area contributed by atoms with E-state index in [4.69, 9.17) is 5.11 Å². The fourth-order valence-electron chi connectivity index (χ4n) is 1.62. The highest BCUT2D eigenvalue weighted by Gasteiger charge is 2.39. The van der Waals surface area contributed by atoms with E-state index in [1.165, 1.54) is 12.4 Å². The first-order valence-electron chi connectivity index (χ1n) is 6.36. The molecule has 1 heterocycles. The van der Waals surface area contributed by atoms with Gasteiger partial charge in [-0.05, 0) is 12.8 Å². The van der Waals surface area contributed by atoms with Crippen molar-refractivity contribution in [2.75, 3.05) is 18.9 Å². The summed E-state index contributed by atoms with van der Waals surface area (Å²) in [6, 6.07) is -0.777. The summed E-state index contributed by atoms with van der Waals surface area (Å²) in [6.45, 7) is -0.851. The molecule has 1 aromatic rings. The van der Waals surface area contributed by atoms with Crippen LogP contribution >= 0.6 is 0 Å². The molecule has 1 unspecified atom stereocenters. The molecule has 116 valence electrons. The van der Waals surface area contributed by atoms with Crippen LogP contribution in [-0.2, 0) is 0 Å². The Bertz CT molecular complexity index is 502. The average Bonchev–Trinajstić information content (AvgIpc) is 3.22. The molecule has 2 rings (SSSR count). The Kier molecular flexibility index (Phi) is 4.31. The molecular formula is C12H15F3N4O2. The standard InChI is InChI=1S/C12H15F3N4O2/c1-19(6-9(20)12(13,14)15)11(21)18-8-4-16-10(17-5-8)7-2-3-7/h4-5,7,9,20H,2-3,6H2,1H3,(H,18,21). The lowest BCUT2D eigenvalue weighted by Crippen LogP contribution is -2.43. The van der Waals surface area contributed by atoms with Crippen LogP contribution in [0.1, 0.15) is 24.6 Å². The summed E-state index contributed by atoms with van der Waals surface area (Å²) in [5.74, 6) is 1.08. The van der Waals surface area contributed by atoms with Crippen LogP contribution in [0.15, 0.2) is 12.4 Å². The summed E-state index contributed by atoms with van der Waals surface area (Å²) in [4.78, 5) is 20.6. The van der Waals surface area contributed by atoms with E-state index in [2.05, 4.69) is 15.3 Å². The van der Waals surface area contributed by atoms with Gasteiger partial charge in [0, 0.05) is 13.0 Å². The summed E-state index contributed by atoms with van der Waals surface area (Å²) in [6.07, 6.45) is -2.43. The van der Waals surface area contributed by atoms with Crippen LogP contribution in [-0.4, -0.2) is 51.9 Å². The van der Waals surface area contributed by atoms with Gasteiger partial charge in [-0.15, -0.1) is 0 Å². The Morgan fingerprint density at radius 3 is 2.52 bits per heavy atom. The first kappa shape index (κ1) is 15.5. The lowest BCUT2D eigenvalue weighted by molar-refractivity contribution is -0.205. The van der Waals surface area contributed by atoms with Crippen LogP contribution in [0, 0.1) is 0 Å². The number of likely N-dealkylation sites (N-methyl/N-ethyl adjacent to an activating group) is 1. The Morgan fingerprint density at radius 1 is 1.48 bits per heavy atom. The lowest BCUT2D eigenvalue weighted by Gasteiger charge is -2.22. The number of aliphatic hydroxyl groups excluding tert-OH is 1. The first-order chi connectivity index (χ1) is 9.77. The largest absolute Gasteiger partial charge is 0.416 e. The van der Waals surface area contributed by atoms with Crippen molar-refractivity contribution in [1.29, 1.82) is 0 Å². The molecule has 2 amide bonds. The highest BCUT2D eigenvalue weighted by atomic mass is 19.4. The second-order valence-electron chi connectivity index (χ2n) is 4.97. The number of hydrogen-bond acceptors (Lipinski definition) is 4. The number of aromatic nitrogens is 2. The van der Waals surface area contributed by atoms with E-state index in [0.29, 0.717) is 11.7 Å². The predicted octanol–water partition coefficient (Wildman–Crippen LogP) is 1.74. The molecule has 6 nitrogen and oxygen atoms in total. The fraction of sp³-hybridized carbons (Fsp3) is 0.583. The van der Waals surface area contributed by atoms with Crippen molar-refractivity contribution in [2.24, 2.45) is 0 Å². The molecule has 1 fully saturated rings. The highest BCUT2D eigenvalue weighted by Crippen LogP contribution is 2.37. The van der Waals surface area contributed by atoms with Crippen LogP contribution < -0.4 is 5.32 Å².